The van der Waals surface area contributed by atoms with Gasteiger partial charge in [0.15, 0.2) is 5.11 Å². The lowest BCUT2D eigenvalue weighted by Crippen LogP contribution is -2.45. The van der Waals surface area contributed by atoms with E-state index in [1.54, 1.807) is 0 Å². The third-order valence-corrected chi connectivity index (χ3v) is 5.30. The van der Waals surface area contributed by atoms with Gasteiger partial charge in [-0.05, 0) is 55.0 Å². The minimum absolute atomic E-state index is 0.178. The lowest BCUT2D eigenvalue weighted by Gasteiger charge is -2.31. The Bertz CT molecular complexity index is 865. The molecule has 1 heterocycles. The number of hydrogen-bond donors (Lipinski definition) is 3. The zero-order valence-electron chi connectivity index (χ0n) is 13.3. The molecule has 0 saturated carbocycles. The van der Waals surface area contributed by atoms with Crippen molar-refractivity contribution < 1.29 is 4.79 Å². The number of benzene rings is 2. The third kappa shape index (κ3) is 4.11. The molecule has 0 saturated heterocycles. The van der Waals surface area contributed by atoms with Crippen LogP contribution in [0.5, 0.6) is 0 Å². The van der Waals surface area contributed by atoms with E-state index in [1.807, 2.05) is 55.5 Å². The molecular formula is C18H15Br2N3OS. The molecule has 2 aromatic rings. The fraction of sp³-hybridized carbons (Fsp3) is 0.111. The van der Waals surface area contributed by atoms with Gasteiger partial charge < -0.3 is 16.0 Å². The summed E-state index contributed by atoms with van der Waals surface area (Å²) in [5.41, 5.74) is 3.02. The summed E-state index contributed by atoms with van der Waals surface area (Å²) in [5.74, 6) is -0.178. The zero-order chi connectivity index (χ0) is 18.0. The molecule has 3 rings (SSSR count). The molecular weight excluding hydrogens is 466 g/mol. The van der Waals surface area contributed by atoms with Crippen LogP contribution in [-0.2, 0) is 4.79 Å². The molecule has 4 nitrogen and oxygen atoms in total. The Labute approximate surface area is 168 Å². The quantitative estimate of drug-likeness (QED) is 0.560. The molecule has 0 radical (unpaired) electrons. The van der Waals surface area contributed by atoms with E-state index in [9.17, 15) is 4.79 Å². The van der Waals surface area contributed by atoms with Gasteiger partial charge in [-0.2, -0.15) is 0 Å². The summed E-state index contributed by atoms with van der Waals surface area (Å²) in [5, 5.41) is 9.68. The number of amides is 1. The van der Waals surface area contributed by atoms with Gasteiger partial charge in [0.1, 0.15) is 0 Å². The zero-order valence-corrected chi connectivity index (χ0v) is 17.3. The van der Waals surface area contributed by atoms with E-state index >= 15 is 0 Å². The topological polar surface area (TPSA) is 53.2 Å². The fourth-order valence-electron chi connectivity index (χ4n) is 2.67. The molecule has 1 amide bonds. The second-order valence-electron chi connectivity index (χ2n) is 5.55. The smallest absolute Gasteiger partial charge is 0.255 e. The summed E-state index contributed by atoms with van der Waals surface area (Å²) < 4.78 is 1.87. The second-order valence-corrected chi connectivity index (χ2v) is 7.73. The highest BCUT2D eigenvalue weighted by molar-refractivity contribution is 9.10. The predicted octanol–water partition coefficient (Wildman–Crippen LogP) is 4.64. The molecule has 0 bridgehead atoms. The van der Waals surface area contributed by atoms with E-state index in [2.05, 4.69) is 47.8 Å². The summed E-state index contributed by atoms with van der Waals surface area (Å²) >= 11 is 12.2. The first-order chi connectivity index (χ1) is 12.0. The Morgan fingerprint density at radius 3 is 2.48 bits per heavy atom. The molecule has 128 valence electrons. The second kappa shape index (κ2) is 7.68. The predicted molar refractivity (Wildman–Crippen MR) is 111 cm³/mol. The van der Waals surface area contributed by atoms with Crippen LogP contribution in [0.4, 0.5) is 5.69 Å². The molecule has 0 unspecified atom stereocenters. The van der Waals surface area contributed by atoms with Crippen molar-refractivity contribution in [3.05, 3.63) is 74.3 Å². The lowest BCUT2D eigenvalue weighted by atomic mass is 9.95. The van der Waals surface area contributed by atoms with Crippen LogP contribution in [0.3, 0.4) is 0 Å². The van der Waals surface area contributed by atoms with Crippen molar-refractivity contribution in [1.82, 2.24) is 10.6 Å². The average Bonchev–Trinajstić information content (AvgIpc) is 2.56. The number of hydrogen-bond acceptors (Lipinski definition) is 2. The van der Waals surface area contributed by atoms with E-state index in [4.69, 9.17) is 12.2 Å². The molecule has 3 N–H and O–H groups in total. The van der Waals surface area contributed by atoms with Crippen molar-refractivity contribution in [2.75, 3.05) is 5.32 Å². The van der Waals surface area contributed by atoms with Crippen LogP contribution in [0.25, 0.3) is 0 Å². The van der Waals surface area contributed by atoms with Gasteiger partial charge in [0.25, 0.3) is 5.91 Å². The van der Waals surface area contributed by atoms with Crippen molar-refractivity contribution in [3.63, 3.8) is 0 Å². The summed E-state index contributed by atoms with van der Waals surface area (Å²) in [6.07, 6.45) is 0. The Hall–Kier alpha value is -1.70. The van der Waals surface area contributed by atoms with Crippen LogP contribution >= 0.6 is 44.1 Å². The first kappa shape index (κ1) is 18.1. The standard InChI is InChI=1S/C18H15Br2N3OS/c1-10-15(17(24)22-12-8-6-11(19)7-9-12)16(23-18(25)21-10)13-4-2-3-5-14(13)20/h2-9,16H,1H3,(H,22,24)(H2,21,23,25)/t16-/m1/s1. The molecule has 25 heavy (non-hydrogen) atoms. The van der Waals surface area contributed by atoms with Crippen LogP contribution in [0, 0.1) is 0 Å². The summed E-state index contributed by atoms with van der Waals surface area (Å²) in [4.78, 5) is 12.9. The maximum Gasteiger partial charge on any atom is 0.255 e. The van der Waals surface area contributed by atoms with Gasteiger partial charge in [0, 0.05) is 20.3 Å². The Balaban J connectivity index is 1.96. The SMILES string of the molecule is CC1=C(C(=O)Nc2ccc(Br)cc2)[C@@H](c2ccccc2Br)NC(=S)N1. The summed E-state index contributed by atoms with van der Waals surface area (Å²) in [6, 6.07) is 14.9. The molecule has 1 atom stereocenters. The first-order valence-electron chi connectivity index (χ1n) is 7.55. The Kier molecular flexibility index (Phi) is 5.56. The first-order valence-corrected chi connectivity index (χ1v) is 9.55. The van der Waals surface area contributed by atoms with Crippen molar-refractivity contribution in [3.8, 4) is 0 Å². The molecule has 0 spiro atoms. The highest BCUT2D eigenvalue weighted by Gasteiger charge is 2.30. The monoisotopic (exact) mass is 479 g/mol. The minimum atomic E-state index is -0.334. The number of halogens is 2. The highest BCUT2D eigenvalue weighted by atomic mass is 79.9. The van der Waals surface area contributed by atoms with E-state index < -0.39 is 0 Å². The Morgan fingerprint density at radius 2 is 1.80 bits per heavy atom. The van der Waals surface area contributed by atoms with E-state index in [0.29, 0.717) is 10.7 Å². The minimum Gasteiger partial charge on any atom is -0.351 e. The average molecular weight is 481 g/mol. The van der Waals surface area contributed by atoms with Crippen LogP contribution < -0.4 is 16.0 Å². The number of carbonyl (C=O) groups excluding carboxylic acids is 1. The number of thiocarbonyl (C=S) groups is 1. The van der Waals surface area contributed by atoms with Crippen LogP contribution in [0.2, 0.25) is 0 Å². The normalized spacial score (nSPS) is 16.9. The van der Waals surface area contributed by atoms with Crippen LogP contribution in [0.1, 0.15) is 18.5 Å². The van der Waals surface area contributed by atoms with Crippen molar-refractivity contribution in [2.45, 2.75) is 13.0 Å². The largest absolute Gasteiger partial charge is 0.351 e. The van der Waals surface area contributed by atoms with Crippen molar-refractivity contribution in [1.29, 1.82) is 0 Å². The summed E-state index contributed by atoms with van der Waals surface area (Å²) in [7, 11) is 0. The van der Waals surface area contributed by atoms with Gasteiger partial charge in [0.05, 0.1) is 11.6 Å². The summed E-state index contributed by atoms with van der Waals surface area (Å²) in [6.45, 7) is 1.85. The lowest BCUT2D eigenvalue weighted by molar-refractivity contribution is -0.113. The molecule has 2 aromatic carbocycles. The highest BCUT2D eigenvalue weighted by Crippen LogP contribution is 2.32. The van der Waals surface area contributed by atoms with Gasteiger partial charge in [-0.15, -0.1) is 0 Å². The maximum absolute atomic E-state index is 12.9. The van der Waals surface area contributed by atoms with E-state index in [-0.39, 0.29) is 11.9 Å². The van der Waals surface area contributed by atoms with Crippen molar-refractivity contribution >= 4 is 60.8 Å². The number of rotatable bonds is 3. The van der Waals surface area contributed by atoms with E-state index in [1.165, 1.54) is 0 Å². The molecule has 0 aromatic heterocycles. The van der Waals surface area contributed by atoms with Gasteiger partial charge in [-0.25, -0.2) is 0 Å². The van der Waals surface area contributed by atoms with Gasteiger partial charge >= 0.3 is 0 Å². The van der Waals surface area contributed by atoms with Crippen LogP contribution in [-0.4, -0.2) is 11.0 Å². The number of anilines is 1. The van der Waals surface area contributed by atoms with Gasteiger partial charge in [-0.3, -0.25) is 4.79 Å². The maximum atomic E-state index is 12.9. The number of nitrogens with one attached hydrogen (secondary N) is 3. The number of allylic oxidation sites excluding steroid dienone is 1. The van der Waals surface area contributed by atoms with Gasteiger partial charge in [0.2, 0.25) is 0 Å². The molecule has 1 aliphatic heterocycles. The fourth-order valence-corrected chi connectivity index (χ4v) is 3.72. The molecule has 0 aliphatic carbocycles. The van der Waals surface area contributed by atoms with Gasteiger partial charge in [-0.1, -0.05) is 50.1 Å². The van der Waals surface area contributed by atoms with Crippen LogP contribution in [0.15, 0.2) is 68.7 Å². The number of carbonyl (C=O) groups is 1. The molecule has 0 fully saturated rings. The molecule has 1 aliphatic rings. The Morgan fingerprint density at radius 1 is 1.12 bits per heavy atom. The van der Waals surface area contributed by atoms with Crippen molar-refractivity contribution in [2.24, 2.45) is 0 Å². The van der Waals surface area contributed by atoms with E-state index in [0.717, 1.165) is 25.9 Å². The third-order valence-electron chi connectivity index (χ3n) is 3.83. The molecule has 7 heteroatoms.